The molecule has 0 saturated heterocycles. The van der Waals surface area contributed by atoms with E-state index >= 15 is 0 Å². The lowest BCUT2D eigenvalue weighted by Crippen LogP contribution is -2.18. The molecule has 1 atom stereocenters. The fourth-order valence-corrected chi connectivity index (χ4v) is 4.68. The summed E-state index contributed by atoms with van der Waals surface area (Å²) in [5, 5.41) is 9.45. The summed E-state index contributed by atoms with van der Waals surface area (Å²) in [5.41, 5.74) is 2.33. The Bertz CT molecular complexity index is 602. The summed E-state index contributed by atoms with van der Waals surface area (Å²) < 4.78 is 0. The van der Waals surface area contributed by atoms with Crippen molar-refractivity contribution in [2.45, 2.75) is 68.8 Å². The van der Waals surface area contributed by atoms with Gasteiger partial charge in [0.05, 0.1) is 5.25 Å². The highest BCUT2D eigenvalue weighted by Crippen LogP contribution is 2.39. The first-order chi connectivity index (χ1) is 13.2. The number of carboxylic acid groups (broad SMARTS) is 1. The number of aliphatic carboxylic acids is 1. The van der Waals surface area contributed by atoms with Crippen molar-refractivity contribution in [3.63, 3.8) is 0 Å². The quantitative estimate of drug-likeness (QED) is 0.374. The molecule has 0 aliphatic heterocycles. The number of hydrogen-bond donors (Lipinski definition) is 1. The minimum Gasteiger partial charge on any atom is -0.480 e. The third-order valence-corrected chi connectivity index (χ3v) is 6.43. The zero-order chi connectivity index (χ0) is 19.3. The molecular weight excluding hydrogens is 352 g/mol. The van der Waals surface area contributed by atoms with Gasteiger partial charge in [0.1, 0.15) is 5.25 Å². The maximum absolute atomic E-state index is 11.9. The van der Waals surface area contributed by atoms with E-state index in [4.69, 9.17) is 0 Å². The SMILES string of the molecule is CCCCCCCCCC(SC(c1ccccc1)c1ccccc1)C(=O)O. The number of carboxylic acids is 1. The van der Waals surface area contributed by atoms with Crippen LogP contribution in [0.1, 0.15) is 74.7 Å². The summed E-state index contributed by atoms with van der Waals surface area (Å²) in [6.07, 6.45) is 9.23. The van der Waals surface area contributed by atoms with Crippen LogP contribution < -0.4 is 0 Å². The average molecular weight is 385 g/mol. The molecule has 1 unspecified atom stereocenters. The Morgan fingerprint density at radius 1 is 0.815 bits per heavy atom. The van der Waals surface area contributed by atoms with Crippen molar-refractivity contribution in [3.05, 3.63) is 71.8 Å². The topological polar surface area (TPSA) is 37.3 Å². The van der Waals surface area contributed by atoms with E-state index < -0.39 is 5.97 Å². The molecule has 0 fully saturated rings. The highest BCUT2D eigenvalue weighted by molar-refractivity contribution is 8.01. The Kier molecular flexibility index (Phi) is 10.1. The van der Waals surface area contributed by atoms with Crippen molar-refractivity contribution < 1.29 is 9.90 Å². The van der Waals surface area contributed by atoms with Crippen molar-refractivity contribution in [2.75, 3.05) is 0 Å². The van der Waals surface area contributed by atoms with Crippen LogP contribution in [0.15, 0.2) is 60.7 Å². The van der Waals surface area contributed by atoms with Crippen LogP contribution in [0.3, 0.4) is 0 Å². The van der Waals surface area contributed by atoms with Crippen molar-refractivity contribution in [1.29, 1.82) is 0 Å². The van der Waals surface area contributed by atoms with Crippen molar-refractivity contribution in [3.8, 4) is 0 Å². The molecule has 0 saturated carbocycles. The largest absolute Gasteiger partial charge is 0.480 e. The molecule has 146 valence electrons. The number of thioether (sulfide) groups is 1. The Labute approximate surface area is 168 Å². The Morgan fingerprint density at radius 3 is 1.78 bits per heavy atom. The smallest absolute Gasteiger partial charge is 0.316 e. The Hall–Kier alpha value is -1.74. The molecule has 0 amide bonds. The number of carbonyl (C=O) groups is 1. The molecule has 27 heavy (non-hydrogen) atoms. The zero-order valence-electron chi connectivity index (χ0n) is 16.3. The van der Waals surface area contributed by atoms with E-state index in [0.29, 0.717) is 0 Å². The van der Waals surface area contributed by atoms with Crippen LogP contribution in [-0.2, 0) is 4.79 Å². The van der Waals surface area contributed by atoms with E-state index in [0.717, 1.165) is 19.3 Å². The van der Waals surface area contributed by atoms with Crippen LogP contribution in [0, 0.1) is 0 Å². The fourth-order valence-electron chi connectivity index (χ4n) is 3.31. The third kappa shape index (κ3) is 7.80. The summed E-state index contributed by atoms with van der Waals surface area (Å²) in [4.78, 5) is 11.9. The summed E-state index contributed by atoms with van der Waals surface area (Å²) >= 11 is 1.58. The molecule has 1 N–H and O–H groups in total. The first-order valence-corrected chi connectivity index (χ1v) is 11.1. The van der Waals surface area contributed by atoms with E-state index in [1.807, 2.05) is 36.4 Å². The van der Waals surface area contributed by atoms with Gasteiger partial charge in [-0.05, 0) is 17.5 Å². The minimum absolute atomic E-state index is 0.0538. The number of rotatable bonds is 13. The van der Waals surface area contributed by atoms with Crippen LogP contribution >= 0.6 is 11.8 Å². The van der Waals surface area contributed by atoms with Crippen molar-refractivity contribution in [2.24, 2.45) is 0 Å². The summed E-state index contributed by atoms with van der Waals surface area (Å²) in [6.45, 7) is 2.23. The van der Waals surface area contributed by atoms with Gasteiger partial charge < -0.3 is 5.11 Å². The van der Waals surface area contributed by atoms with Crippen molar-refractivity contribution >= 4 is 17.7 Å². The Morgan fingerprint density at radius 2 is 1.30 bits per heavy atom. The molecule has 2 aromatic carbocycles. The van der Waals surface area contributed by atoms with Gasteiger partial charge in [0, 0.05) is 0 Å². The van der Waals surface area contributed by atoms with Gasteiger partial charge in [0.25, 0.3) is 0 Å². The van der Waals surface area contributed by atoms with Crippen LogP contribution in [0.2, 0.25) is 0 Å². The maximum atomic E-state index is 11.9. The molecule has 0 aliphatic rings. The summed E-state index contributed by atoms with van der Waals surface area (Å²) in [5.74, 6) is -0.692. The average Bonchev–Trinajstić information content (AvgIpc) is 2.70. The zero-order valence-corrected chi connectivity index (χ0v) is 17.2. The lowest BCUT2D eigenvalue weighted by Gasteiger charge is -2.22. The van der Waals surface area contributed by atoms with Gasteiger partial charge in [0.15, 0.2) is 0 Å². The van der Waals surface area contributed by atoms with E-state index in [2.05, 4.69) is 31.2 Å². The maximum Gasteiger partial charge on any atom is 0.316 e. The second kappa shape index (κ2) is 12.6. The molecule has 0 bridgehead atoms. The highest BCUT2D eigenvalue weighted by atomic mass is 32.2. The van der Waals surface area contributed by atoms with Crippen molar-refractivity contribution in [1.82, 2.24) is 0 Å². The number of unbranched alkanes of at least 4 members (excludes halogenated alkanes) is 6. The molecule has 0 radical (unpaired) electrons. The fraction of sp³-hybridized carbons (Fsp3) is 0.458. The Balaban J connectivity index is 1.97. The predicted octanol–water partition coefficient (Wildman–Crippen LogP) is 7.10. The van der Waals surface area contributed by atoms with Gasteiger partial charge in [-0.15, -0.1) is 11.8 Å². The minimum atomic E-state index is -0.692. The first-order valence-electron chi connectivity index (χ1n) is 10.2. The molecule has 2 nitrogen and oxygen atoms in total. The van der Waals surface area contributed by atoms with Gasteiger partial charge >= 0.3 is 5.97 Å². The first kappa shape index (κ1) is 21.6. The summed E-state index contributed by atoms with van der Waals surface area (Å²) in [7, 11) is 0. The molecule has 3 heteroatoms. The molecule has 2 rings (SSSR count). The predicted molar refractivity (Wildman–Crippen MR) is 116 cm³/mol. The third-order valence-electron chi connectivity index (χ3n) is 4.85. The van der Waals surface area contributed by atoms with Gasteiger partial charge in [0.2, 0.25) is 0 Å². The van der Waals surface area contributed by atoms with Gasteiger partial charge in [-0.1, -0.05) is 113 Å². The summed E-state index contributed by atoms with van der Waals surface area (Å²) in [6, 6.07) is 20.5. The number of hydrogen-bond acceptors (Lipinski definition) is 2. The second-order valence-corrected chi connectivity index (χ2v) is 8.39. The van der Waals surface area contributed by atoms with Crippen LogP contribution in [0.25, 0.3) is 0 Å². The van der Waals surface area contributed by atoms with Gasteiger partial charge in [-0.2, -0.15) is 0 Å². The molecule has 0 aliphatic carbocycles. The van der Waals surface area contributed by atoms with E-state index in [-0.39, 0.29) is 10.5 Å². The highest BCUT2D eigenvalue weighted by Gasteiger charge is 2.25. The lowest BCUT2D eigenvalue weighted by molar-refractivity contribution is -0.136. The molecule has 0 aromatic heterocycles. The monoisotopic (exact) mass is 384 g/mol. The van der Waals surface area contributed by atoms with Crippen LogP contribution in [0.4, 0.5) is 0 Å². The molecule has 2 aromatic rings. The van der Waals surface area contributed by atoms with Gasteiger partial charge in [-0.25, -0.2) is 0 Å². The number of benzene rings is 2. The van der Waals surface area contributed by atoms with E-state index in [1.165, 1.54) is 43.2 Å². The lowest BCUT2D eigenvalue weighted by atomic mass is 10.0. The molecule has 0 heterocycles. The van der Waals surface area contributed by atoms with Gasteiger partial charge in [-0.3, -0.25) is 4.79 Å². The van der Waals surface area contributed by atoms with E-state index in [9.17, 15) is 9.90 Å². The molecular formula is C24H32O2S. The standard InChI is InChI=1S/C24H32O2S/c1-2-3-4-5-6-7-14-19-22(24(25)26)27-23(20-15-10-8-11-16-20)21-17-12-9-13-18-21/h8-13,15-18,22-23H,2-7,14,19H2,1H3,(H,25,26). The normalized spacial score (nSPS) is 12.2. The van der Waals surface area contributed by atoms with Crippen LogP contribution in [-0.4, -0.2) is 16.3 Å². The van der Waals surface area contributed by atoms with E-state index in [1.54, 1.807) is 11.8 Å². The second-order valence-electron chi connectivity index (χ2n) is 7.07. The van der Waals surface area contributed by atoms with Crippen LogP contribution in [0.5, 0.6) is 0 Å². The molecule has 0 spiro atoms.